The van der Waals surface area contributed by atoms with Crippen molar-refractivity contribution in [2.45, 2.75) is 26.7 Å². The molecule has 0 unspecified atom stereocenters. The van der Waals surface area contributed by atoms with Gasteiger partial charge in [0.1, 0.15) is 5.91 Å². The molecule has 0 amide bonds. The normalized spacial score (nSPS) is 11.4. The van der Waals surface area contributed by atoms with E-state index in [0.29, 0.717) is 19.8 Å². The Morgan fingerprint density at radius 1 is 0.864 bits per heavy atom. The van der Waals surface area contributed by atoms with Gasteiger partial charge in [-0.2, -0.15) is 0 Å². The fourth-order valence-electron chi connectivity index (χ4n) is 1.68. The molecule has 1 rings (SSSR count). The number of methoxy groups -OCH3 is 2. The Hall–Kier alpha value is -0.546. The molecule has 0 heterocycles. The predicted octanol–water partition coefficient (Wildman–Crippen LogP) is 0.870. The molecule has 0 aliphatic heterocycles. The van der Waals surface area contributed by atoms with E-state index in [1.54, 1.807) is 14.2 Å². The summed E-state index contributed by atoms with van der Waals surface area (Å²) in [7, 11) is 1.55. The molecule has 0 fully saturated rings. The summed E-state index contributed by atoms with van der Waals surface area (Å²) in [6.07, 6.45) is 0. The van der Waals surface area contributed by atoms with Gasteiger partial charge in [0.05, 0.1) is 10.2 Å². The van der Waals surface area contributed by atoms with Gasteiger partial charge in [0, 0.05) is 39.2 Å². The summed E-state index contributed by atoms with van der Waals surface area (Å²) in [4.78, 5) is 0. The van der Waals surface area contributed by atoms with E-state index >= 15 is 0 Å². The molecular formula is C15H30O5Si2. The molecule has 7 heteroatoms. The highest BCUT2D eigenvalue weighted by Crippen LogP contribution is 2.10. The second kappa shape index (κ2) is 12.9. The fourth-order valence-corrected chi connectivity index (χ4v) is 4.17. The SMILES string of the molecule is CCO[Si](OCC)(OCC)c1ccccc1.COC([SiH3])OC. The molecular weight excluding hydrogens is 316 g/mol. The molecule has 0 atom stereocenters. The lowest BCUT2D eigenvalue weighted by atomic mass is 10.4. The summed E-state index contributed by atoms with van der Waals surface area (Å²) in [5.41, 5.74) is 0. The van der Waals surface area contributed by atoms with Gasteiger partial charge in [-0.1, -0.05) is 30.3 Å². The summed E-state index contributed by atoms with van der Waals surface area (Å²) >= 11 is 0. The van der Waals surface area contributed by atoms with Gasteiger partial charge in [-0.3, -0.25) is 0 Å². The number of hydrogen-bond acceptors (Lipinski definition) is 5. The van der Waals surface area contributed by atoms with Crippen molar-refractivity contribution in [1.29, 1.82) is 0 Å². The van der Waals surface area contributed by atoms with E-state index < -0.39 is 8.80 Å². The Morgan fingerprint density at radius 3 is 1.55 bits per heavy atom. The highest BCUT2D eigenvalue weighted by Gasteiger charge is 2.42. The van der Waals surface area contributed by atoms with Crippen molar-refractivity contribution >= 4 is 24.2 Å². The molecule has 0 saturated heterocycles. The van der Waals surface area contributed by atoms with Crippen molar-refractivity contribution < 1.29 is 22.8 Å². The molecule has 0 aliphatic carbocycles. The third-order valence-corrected chi connectivity index (χ3v) is 6.78. The van der Waals surface area contributed by atoms with Crippen LogP contribution in [-0.4, -0.2) is 59.0 Å². The second-order valence-electron chi connectivity index (χ2n) is 4.26. The first kappa shape index (κ1) is 21.5. The first-order valence-corrected chi connectivity index (χ1v) is 10.5. The van der Waals surface area contributed by atoms with Crippen molar-refractivity contribution in [2.75, 3.05) is 34.0 Å². The molecule has 0 radical (unpaired) electrons. The molecule has 0 saturated carbocycles. The Kier molecular flexibility index (Phi) is 12.6. The molecule has 128 valence electrons. The molecule has 0 aliphatic rings. The van der Waals surface area contributed by atoms with Crippen molar-refractivity contribution in [3.63, 3.8) is 0 Å². The molecule has 5 nitrogen and oxygen atoms in total. The zero-order valence-electron chi connectivity index (χ0n) is 14.6. The smallest absolute Gasteiger partial charge is 0.370 e. The van der Waals surface area contributed by atoms with Crippen molar-refractivity contribution in [3.8, 4) is 0 Å². The minimum atomic E-state index is -2.67. The van der Waals surface area contributed by atoms with Crippen LogP contribution >= 0.6 is 0 Å². The van der Waals surface area contributed by atoms with Crippen LogP contribution in [0.5, 0.6) is 0 Å². The van der Waals surface area contributed by atoms with Gasteiger partial charge in [-0.15, -0.1) is 0 Å². The van der Waals surface area contributed by atoms with Crippen LogP contribution in [0.2, 0.25) is 0 Å². The van der Waals surface area contributed by atoms with Crippen LogP contribution in [0.25, 0.3) is 0 Å². The lowest BCUT2D eigenvalue weighted by Gasteiger charge is -2.28. The van der Waals surface area contributed by atoms with E-state index in [1.165, 1.54) is 0 Å². The lowest BCUT2D eigenvalue weighted by molar-refractivity contribution is -0.0411. The monoisotopic (exact) mass is 346 g/mol. The molecule has 1 aromatic carbocycles. The average Bonchev–Trinajstić information content (AvgIpc) is 2.56. The van der Waals surface area contributed by atoms with E-state index in [4.69, 9.17) is 22.8 Å². The first-order valence-electron chi connectivity index (χ1n) is 7.63. The fraction of sp³-hybridized carbons (Fsp3) is 0.600. The van der Waals surface area contributed by atoms with Crippen LogP contribution in [0.4, 0.5) is 0 Å². The highest BCUT2D eigenvalue weighted by molar-refractivity contribution is 6.75. The highest BCUT2D eigenvalue weighted by atomic mass is 28.4. The first-order chi connectivity index (χ1) is 10.6. The Labute approximate surface area is 138 Å². The minimum Gasteiger partial charge on any atom is -0.370 e. The Balaban J connectivity index is 0.000000626. The number of ether oxygens (including phenoxy) is 2. The third-order valence-electron chi connectivity index (χ3n) is 2.79. The number of rotatable bonds is 9. The molecule has 0 N–H and O–H groups in total. The molecule has 0 aromatic heterocycles. The molecule has 0 bridgehead atoms. The Bertz CT molecular complexity index is 343. The maximum Gasteiger partial charge on any atom is 0.537 e. The maximum absolute atomic E-state index is 5.79. The van der Waals surface area contributed by atoms with Gasteiger partial charge in [0.2, 0.25) is 0 Å². The van der Waals surface area contributed by atoms with Crippen LogP contribution in [0.3, 0.4) is 0 Å². The van der Waals surface area contributed by atoms with Crippen LogP contribution in [-0.2, 0) is 22.8 Å². The van der Waals surface area contributed by atoms with E-state index in [-0.39, 0.29) is 5.91 Å². The summed E-state index contributed by atoms with van der Waals surface area (Å²) in [6, 6.07) is 9.95. The van der Waals surface area contributed by atoms with Crippen LogP contribution in [0.1, 0.15) is 20.8 Å². The van der Waals surface area contributed by atoms with Gasteiger partial charge < -0.3 is 22.8 Å². The van der Waals surface area contributed by atoms with Gasteiger partial charge >= 0.3 is 8.80 Å². The van der Waals surface area contributed by atoms with Gasteiger partial charge in [0.25, 0.3) is 0 Å². The Morgan fingerprint density at radius 2 is 1.27 bits per heavy atom. The van der Waals surface area contributed by atoms with Crippen molar-refractivity contribution in [3.05, 3.63) is 30.3 Å². The van der Waals surface area contributed by atoms with Crippen LogP contribution in [0.15, 0.2) is 30.3 Å². The van der Waals surface area contributed by atoms with Crippen molar-refractivity contribution in [1.82, 2.24) is 0 Å². The standard InChI is InChI=1S/C12H20O3Si.C3H10O2Si/c1-4-13-16(14-5-2,15-6-3)12-10-8-7-9-11-12;1-4-3(6)5-2/h7-11H,4-6H2,1-3H3;3H,1-2,6H3. The van der Waals surface area contributed by atoms with Crippen molar-refractivity contribution in [2.24, 2.45) is 0 Å². The minimum absolute atomic E-state index is 0.0741. The largest absolute Gasteiger partial charge is 0.537 e. The quantitative estimate of drug-likeness (QED) is 0.490. The summed E-state index contributed by atoms with van der Waals surface area (Å²) < 4.78 is 26.9. The molecule has 0 spiro atoms. The van der Waals surface area contributed by atoms with Crippen LogP contribution < -0.4 is 5.19 Å². The summed E-state index contributed by atoms with van der Waals surface area (Å²) in [6.45, 7) is 7.68. The third kappa shape index (κ3) is 7.64. The van der Waals surface area contributed by atoms with E-state index in [1.807, 2.05) is 51.1 Å². The van der Waals surface area contributed by atoms with Gasteiger partial charge in [0.15, 0.2) is 0 Å². The van der Waals surface area contributed by atoms with Gasteiger partial charge in [-0.05, 0) is 20.8 Å². The number of hydrogen-bond donors (Lipinski definition) is 0. The zero-order valence-corrected chi connectivity index (χ0v) is 17.6. The summed E-state index contributed by atoms with van der Waals surface area (Å²) in [5, 5.41) is 1.03. The lowest BCUT2D eigenvalue weighted by Crippen LogP contribution is -2.56. The molecule has 1 aromatic rings. The molecule has 22 heavy (non-hydrogen) atoms. The van der Waals surface area contributed by atoms with Crippen LogP contribution in [0, 0.1) is 0 Å². The second-order valence-corrected chi connectivity index (χ2v) is 7.76. The summed E-state index contributed by atoms with van der Waals surface area (Å²) in [5.74, 6) is 0.0741. The topological polar surface area (TPSA) is 46.2 Å². The van der Waals surface area contributed by atoms with E-state index in [9.17, 15) is 0 Å². The zero-order chi connectivity index (χ0) is 16.8. The number of benzene rings is 1. The average molecular weight is 347 g/mol. The van der Waals surface area contributed by atoms with E-state index in [2.05, 4.69) is 0 Å². The van der Waals surface area contributed by atoms with E-state index in [0.717, 1.165) is 15.4 Å². The maximum atomic E-state index is 5.79. The predicted molar refractivity (Wildman–Crippen MR) is 94.5 cm³/mol. The van der Waals surface area contributed by atoms with Gasteiger partial charge in [-0.25, -0.2) is 0 Å².